The molecule has 140 valence electrons. The number of nitrogens with zero attached hydrogens (tertiary/aromatic N) is 2. The number of para-hydroxylation sites is 2. The zero-order chi connectivity index (χ0) is 19.4. The molecular weight excluding hydrogens is 378 g/mol. The maximum Gasteiger partial charge on any atom is 0.310 e. The first kappa shape index (κ1) is 18.5. The smallest absolute Gasteiger partial charge is 0.310 e. The molecule has 1 unspecified atom stereocenters. The maximum absolute atomic E-state index is 12.1. The van der Waals surface area contributed by atoms with Gasteiger partial charge < -0.3 is 14.2 Å². The summed E-state index contributed by atoms with van der Waals surface area (Å²) in [5, 5.41) is 15.2. The van der Waals surface area contributed by atoms with Gasteiger partial charge in [0.05, 0.1) is 16.2 Å². The van der Waals surface area contributed by atoms with Gasteiger partial charge in [0.2, 0.25) is 6.79 Å². The van der Waals surface area contributed by atoms with Crippen molar-refractivity contribution in [1.82, 2.24) is 5.43 Å². The molecule has 10 heteroatoms. The van der Waals surface area contributed by atoms with Crippen LogP contribution in [-0.4, -0.2) is 29.9 Å². The van der Waals surface area contributed by atoms with Crippen molar-refractivity contribution in [3.63, 3.8) is 0 Å². The second kappa shape index (κ2) is 7.92. The van der Waals surface area contributed by atoms with E-state index >= 15 is 0 Å². The normalized spacial score (nSPS) is 13.4. The molecule has 0 saturated carbocycles. The summed E-state index contributed by atoms with van der Waals surface area (Å²) in [6.07, 6.45) is 0.343. The van der Waals surface area contributed by atoms with Crippen LogP contribution in [0.3, 0.4) is 0 Å². The molecule has 0 bridgehead atoms. The number of hydrogen-bond acceptors (Lipinski definition) is 7. The first-order valence-corrected chi connectivity index (χ1v) is 8.15. The fourth-order valence-electron chi connectivity index (χ4n) is 2.24. The van der Waals surface area contributed by atoms with Crippen LogP contribution in [0.5, 0.6) is 17.2 Å². The highest BCUT2D eigenvalue weighted by atomic mass is 35.5. The third kappa shape index (κ3) is 4.26. The van der Waals surface area contributed by atoms with E-state index in [9.17, 15) is 14.9 Å². The maximum atomic E-state index is 12.1. The van der Waals surface area contributed by atoms with Crippen LogP contribution in [0.4, 0.5) is 5.69 Å². The van der Waals surface area contributed by atoms with E-state index in [-0.39, 0.29) is 18.2 Å². The van der Waals surface area contributed by atoms with Crippen molar-refractivity contribution in [2.24, 2.45) is 5.10 Å². The lowest BCUT2D eigenvalue weighted by atomic mass is 10.2. The van der Waals surface area contributed by atoms with Crippen molar-refractivity contribution < 1.29 is 23.9 Å². The molecule has 9 nitrogen and oxygen atoms in total. The van der Waals surface area contributed by atoms with Gasteiger partial charge >= 0.3 is 5.69 Å². The first-order chi connectivity index (χ1) is 13.0. The highest BCUT2D eigenvalue weighted by molar-refractivity contribution is 6.33. The van der Waals surface area contributed by atoms with Gasteiger partial charge in [-0.3, -0.25) is 14.9 Å². The Bertz CT molecular complexity index is 918. The molecule has 0 radical (unpaired) electrons. The summed E-state index contributed by atoms with van der Waals surface area (Å²) < 4.78 is 15.8. The van der Waals surface area contributed by atoms with Gasteiger partial charge in [0.15, 0.2) is 23.4 Å². The van der Waals surface area contributed by atoms with Crippen molar-refractivity contribution in [2.45, 2.75) is 13.0 Å². The number of amides is 1. The molecule has 2 aromatic carbocycles. The van der Waals surface area contributed by atoms with Crippen LogP contribution in [0.15, 0.2) is 41.5 Å². The van der Waals surface area contributed by atoms with Gasteiger partial charge in [-0.15, -0.1) is 0 Å². The Morgan fingerprint density at radius 3 is 2.81 bits per heavy atom. The van der Waals surface area contributed by atoms with Gasteiger partial charge in [0.1, 0.15) is 0 Å². The third-order valence-electron chi connectivity index (χ3n) is 3.61. The average Bonchev–Trinajstić information content (AvgIpc) is 3.09. The van der Waals surface area contributed by atoms with Crippen LogP contribution < -0.4 is 19.6 Å². The lowest BCUT2D eigenvalue weighted by Crippen LogP contribution is -2.33. The highest BCUT2D eigenvalue weighted by Crippen LogP contribution is 2.36. The number of benzene rings is 2. The Morgan fingerprint density at radius 2 is 2.07 bits per heavy atom. The lowest BCUT2D eigenvalue weighted by Gasteiger charge is -2.12. The summed E-state index contributed by atoms with van der Waals surface area (Å²) in [6.45, 7) is 1.57. The number of rotatable bonds is 6. The molecule has 27 heavy (non-hydrogen) atoms. The Balaban J connectivity index is 1.62. The summed E-state index contributed by atoms with van der Waals surface area (Å²) in [6, 6.07) is 9.01. The number of hydrogen-bond donors (Lipinski definition) is 1. The van der Waals surface area contributed by atoms with E-state index in [0.717, 1.165) is 0 Å². The molecule has 0 aromatic heterocycles. The zero-order valence-electron chi connectivity index (χ0n) is 14.0. The first-order valence-electron chi connectivity index (χ1n) is 7.78. The molecule has 3 rings (SSSR count). The van der Waals surface area contributed by atoms with E-state index in [2.05, 4.69) is 10.5 Å². The fraction of sp³-hybridized carbons (Fsp3) is 0.176. The van der Waals surface area contributed by atoms with Gasteiger partial charge in [-0.2, -0.15) is 5.10 Å². The number of halogens is 1. The monoisotopic (exact) mass is 391 g/mol. The second-order valence-corrected chi connectivity index (χ2v) is 5.85. The SMILES string of the molecule is CC(Oc1ccccc1[N+](=O)[O-])C(=O)N/N=C\c1cc2c(cc1Cl)OCO2. The van der Waals surface area contributed by atoms with E-state index in [4.69, 9.17) is 25.8 Å². The largest absolute Gasteiger partial charge is 0.474 e. The molecule has 1 heterocycles. The van der Waals surface area contributed by atoms with E-state index in [1.165, 1.54) is 31.3 Å². The molecule has 1 N–H and O–H groups in total. The van der Waals surface area contributed by atoms with Crippen LogP contribution in [0.1, 0.15) is 12.5 Å². The summed E-state index contributed by atoms with van der Waals surface area (Å²) >= 11 is 6.11. The minimum atomic E-state index is -1.00. The van der Waals surface area contributed by atoms with Crippen LogP contribution in [0.25, 0.3) is 0 Å². The molecule has 1 amide bonds. The number of nitro groups is 1. The molecule has 1 atom stereocenters. The average molecular weight is 392 g/mol. The minimum absolute atomic E-state index is 0.00653. The molecule has 0 aliphatic carbocycles. The number of carbonyl (C=O) groups excluding carboxylic acids is 1. The zero-order valence-corrected chi connectivity index (χ0v) is 14.8. The van der Waals surface area contributed by atoms with Crippen molar-refractivity contribution >= 4 is 29.4 Å². The van der Waals surface area contributed by atoms with Crippen molar-refractivity contribution in [3.8, 4) is 17.2 Å². The fourth-order valence-corrected chi connectivity index (χ4v) is 2.44. The van der Waals surface area contributed by atoms with Gasteiger partial charge in [-0.1, -0.05) is 23.7 Å². The topological polar surface area (TPSA) is 112 Å². The van der Waals surface area contributed by atoms with Crippen molar-refractivity contribution in [3.05, 3.63) is 57.1 Å². The molecule has 1 aliphatic heterocycles. The Hall–Kier alpha value is -3.33. The molecule has 0 spiro atoms. The Labute approximate surface area is 158 Å². The van der Waals surface area contributed by atoms with E-state index in [0.29, 0.717) is 22.1 Å². The van der Waals surface area contributed by atoms with Crippen LogP contribution in [0.2, 0.25) is 5.02 Å². The Kier molecular flexibility index (Phi) is 5.41. The van der Waals surface area contributed by atoms with Crippen molar-refractivity contribution in [1.29, 1.82) is 0 Å². The number of ether oxygens (including phenoxy) is 3. The second-order valence-electron chi connectivity index (χ2n) is 5.45. The van der Waals surface area contributed by atoms with Crippen LogP contribution >= 0.6 is 11.6 Å². The van der Waals surface area contributed by atoms with Gasteiger partial charge in [0, 0.05) is 17.7 Å². The summed E-state index contributed by atoms with van der Waals surface area (Å²) in [5.74, 6) is 0.474. The minimum Gasteiger partial charge on any atom is -0.474 e. The van der Waals surface area contributed by atoms with Gasteiger partial charge in [-0.05, 0) is 19.1 Å². The summed E-state index contributed by atoms with van der Waals surface area (Å²) in [5.41, 5.74) is 2.59. The van der Waals surface area contributed by atoms with Gasteiger partial charge in [0.25, 0.3) is 5.91 Å². The van der Waals surface area contributed by atoms with E-state index in [1.807, 2.05) is 0 Å². The Morgan fingerprint density at radius 1 is 1.37 bits per heavy atom. The summed E-state index contributed by atoms with van der Waals surface area (Å²) in [7, 11) is 0. The van der Waals surface area contributed by atoms with E-state index < -0.39 is 16.9 Å². The van der Waals surface area contributed by atoms with Crippen LogP contribution in [0, 0.1) is 10.1 Å². The molecule has 0 saturated heterocycles. The number of nitrogens with one attached hydrogen (secondary N) is 1. The predicted octanol–water partition coefficient (Wildman–Crippen LogP) is 2.89. The third-order valence-corrected chi connectivity index (χ3v) is 3.93. The highest BCUT2D eigenvalue weighted by Gasteiger charge is 2.20. The molecule has 2 aromatic rings. The standard InChI is InChI=1S/C17H14ClN3O6/c1-10(27-14-5-3-2-4-13(14)21(23)24)17(22)20-19-8-11-6-15-16(7-12(11)18)26-9-25-15/h2-8,10H,9H2,1H3,(H,20,22)/b19-8-. The van der Waals surface area contributed by atoms with Crippen molar-refractivity contribution in [2.75, 3.05) is 6.79 Å². The van der Waals surface area contributed by atoms with E-state index in [1.54, 1.807) is 18.2 Å². The molecule has 0 fully saturated rings. The molecular formula is C17H14ClN3O6. The summed E-state index contributed by atoms with van der Waals surface area (Å²) in [4.78, 5) is 22.5. The predicted molar refractivity (Wildman–Crippen MR) is 96.5 cm³/mol. The molecule has 1 aliphatic rings. The van der Waals surface area contributed by atoms with Gasteiger partial charge in [-0.25, -0.2) is 5.43 Å². The number of carbonyl (C=O) groups is 1. The number of nitro benzene ring substituents is 1. The number of fused-ring (bicyclic) bond motifs is 1. The number of hydrazone groups is 1. The quantitative estimate of drug-likeness (QED) is 0.460. The van der Waals surface area contributed by atoms with Crippen LogP contribution in [-0.2, 0) is 4.79 Å². The lowest BCUT2D eigenvalue weighted by molar-refractivity contribution is -0.386.